The van der Waals surface area contributed by atoms with E-state index in [0.29, 0.717) is 12.5 Å². The van der Waals surface area contributed by atoms with Crippen LogP contribution in [0.2, 0.25) is 0 Å². The number of benzene rings is 1. The zero-order valence-corrected chi connectivity index (χ0v) is 17.3. The number of rotatable bonds is 9. The predicted octanol–water partition coefficient (Wildman–Crippen LogP) is 4.17. The molecule has 148 valence electrons. The highest BCUT2D eigenvalue weighted by Gasteiger charge is 2.10. The van der Waals surface area contributed by atoms with Gasteiger partial charge in [0, 0.05) is 36.5 Å². The molecule has 0 aliphatic heterocycles. The molecule has 2 N–H and O–H groups in total. The molecule has 0 spiro atoms. The molecule has 0 radical (unpaired) electrons. The Morgan fingerprint density at radius 3 is 2.57 bits per heavy atom. The lowest BCUT2D eigenvalue weighted by molar-refractivity contribution is 0.506. The van der Waals surface area contributed by atoms with Gasteiger partial charge in [0.15, 0.2) is 5.96 Å². The fourth-order valence-corrected chi connectivity index (χ4v) is 3.63. The lowest BCUT2D eigenvalue weighted by Gasteiger charge is -2.13. The van der Waals surface area contributed by atoms with Gasteiger partial charge in [-0.2, -0.15) is 0 Å². The molecular weight excluding hydrogens is 368 g/mol. The molecular formula is C22H28N4OS. The molecule has 2 heterocycles. The van der Waals surface area contributed by atoms with E-state index in [1.165, 1.54) is 10.4 Å². The van der Waals surface area contributed by atoms with Crippen molar-refractivity contribution in [2.45, 2.75) is 32.6 Å². The smallest absolute Gasteiger partial charge is 0.191 e. The fraction of sp³-hybridized carbons (Fsp3) is 0.364. The van der Waals surface area contributed by atoms with Crippen LogP contribution in [-0.2, 0) is 12.8 Å². The number of hydrogen-bond acceptors (Lipinski definition) is 4. The minimum absolute atomic E-state index is 0.302. The Labute approximate surface area is 170 Å². The number of thiazole rings is 1. The van der Waals surface area contributed by atoms with Crippen LogP contribution in [-0.4, -0.2) is 30.6 Å². The Morgan fingerprint density at radius 1 is 1.11 bits per heavy atom. The molecule has 0 aliphatic rings. The van der Waals surface area contributed by atoms with E-state index in [2.05, 4.69) is 53.7 Å². The summed E-state index contributed by atoms with van der Waals surface area (Å²) in [5.74, 6) is 2.11. The third kappa shape index (κ3) is 6.53. The fourth-order valence-electron chi connectivity index (χ4n) is 2.81. The second-order valence-electron chi connectivity index (χ2n) is 6.82. The molecule has 1 aromatic carbocycles. The van der Waals surface area contributed by atoms with Crippen molar-refractivity contribution < 1.29 is 4.42 Å². The molecule has 6 heteroatoms. The van der Waals surface area contributed by atoms with Crippen LogP contribution in [0.5, 0.6) is 0 Å². The van der Waals surface area contributed by atoms with Crippen LogP contribution in [0.15, 0.2) is 64.3 Å². The molecule has 1 atom stereocenters. The van der Waals surface area contributed by atoms with Crippen molar-refractivity contribution in [3.05, 3.63) is 76.1 Å². The molecule has 0 amide bonds. The molecule has 0 saturated heterocycles. The van der Waals surface area contributed by atoms with Crippen LogP contribution in [0.3, 0.4) is 0 Å². The minimum atomic E-state index is 0.302. The Kier molecular flexibility index (Phi) is 7.67. The van der Waals surface area contributed by atoms with Gasteiger partial charge in [-0.1, -0.05) is 37.3 Å². The summed E-state index contributed by atoms with van der Waals surface area (Å²) in [7, 11) is 0. The first-order valence-electron chi connectivity index (χ1n) is 9.71. The second kappa shape index (κ2) is 10.7. The number of hydrogen-bond donors (Lipinski definition) is 2. The Balaban J connectivity index is 1.54. The van der Waals surface area contributed by atoms with Crippen LogP contribution in [0.25, 0.3) is 0 Å². The third-order valence-electron chi connectivity index (χ3n) is 4.38. The third-order valence-corrected chi connectivity index (χ3v) is 5.52. The Bertz CT molecular complexity index is 843. The van der Waals surface area contributed by atoms with Crippen LogP contribution >= 0.6 is 11.3 Å². The number of nitrogens with one attached hydrogen (secondary N) is 2. The molecule has 1 unspecified atom stereocenters. The molecule has 2 aromatic heterocycles. The van der Waals surface area contributed by atoms with E-state index in [1.54, 1.807) is 17.6 Å². The SMILES string of the molecule is Cc1cnc(C(C)CN=C(NCCc2ccccc2)NCCc2ccco2)s1. The summed E-state index contributed by atoms with van der Waals surface area (Å²) in [5.41, 5.74) is 1.32. The van der Waals surface area contributed by atoms with Crippen LogP contribution < -0.4 is 10.6 Å². The second-order valence-corrected chi connectivity index (χ2v) is 8.08. The molecule has 5 nitrogen and oxygen atoms in total. The highest BCUT2D eigenvalue weighted by molar-refractivity contribution is 7.11. The van der Waals surface area contributed by atoms with Gasteiger partial charge < -0.3 is 15.1 Å². The quantitative estimate of drug-likeness (QED) is 0.421. The van der Waals surface area contributed by atoms with Gasteiger partial charge >= 0.3 is 0 Å². The molecule has 0 saturated carbocycles. The maximum Gasteiger partial charge on any atom is 0.191 e. The van der Waals surface area contributed by atoms with E-state index < -0.39 is 0 Å². The van der Waals surface area contributed by atoms with Gasteiger partial charge in [0.1, 0.15) is 5.76 Å². The monoisotopic (exact) mass is 396 g/mol. The highest BCUT2D eigenvalue weighted by Crippen LogP contribution is 2.21. The highest BCUT2D eigenvalue weighted by atomic mass is 32.1. The molecule has 0 fully saturated rings. The van der Waals surface area contributed by atoms with Crippen LogP contribution in [0.1, 0.15) is 34.1 Å². The molecule has 0 bridgehead atoms. The van der Waals surface area contributed by atoms with Gasteiger partial charge in [0.05, 0.1) is 17.8 Å². The van der Waals surface area contributed by atoms with Gasteiger partial charge in [0.2, 0.25) is 0 Å². The summed E-state index contributed by atoms with van der Waals surface area (Å²) in [6.45, 7) is 6.57. The summed E-state index contributed by atoms with van der Waals surface area (Å²) in [5, 5.41) is 8.01. The van der Waals surface area contributed by atoms with Crippen molar-refractivity contribution in [1.29, 1.82) is 0 Å². The number of nitrogens with zero attached hydrogens (tertiary/aromatic N) is 2. The summed E-state index contributed by atoms with van der Waals surface area (Å²) in [6.07, 6.45) is 5.43. The zero-order valence-electron chi connectivity index (χ0n) is 16.5. The van der Waals surface area contributed by atoms with E-state index in [1.807, 2.05) is 24.4 Å². The minimum Gasteiger partial charge on any atom is -0.469 e. The van der Waals surface area contributed by atoms with Gasteiger partial charge in [-0.05, 0) is 31.0 Å². The summed E-state index contributed by atoms with van der Waals surface area (Å²) in [6, 6.07) is 14.4. The molecule has 0 aliphatic carbocycles. The Hall–Kier alpha value is -2.60. The zero-order chi connectivity index (χ0) is 19.6. The predicted molar refractivity (Wildman–Crippen MR) is 116 cm³/mol. The normalized spacial score (nSPS) is 12.7. The van der Waals surface area contributed by atoms with E-state index in [4.69, 9.17) is 9.41 Å². The Morgan fingerprint density at radius 2 is 1.89 bits per heavy atom. The van der Waals surface area contributed by atoms with Crippen molar-refractivity contribution in [3.63, 3.8) is 0 Å². The summed E-state index contributed by atoms with van der Waals surface area (Å²) in [4.78, 5) is 10.5. The number of aliphatic imine (C=N–C) groups is 1. The van der Waals surface area contributed by atoms with E-state index >= 15 is 0 Å². The number of aromatic nitrogens is 1. The summed E-state index contributed by atoms with van der Waals surface area (Å²) >= 11 is 1.75. The number of furan rings is 1. The van der Waals surface area contributed by atoms with Gasteiger partial charge in [-0.3, -0.25) is 4.99 Å². The van der Waals surface area contributed by atoms with Gasteiger partial charge in [-0.25, -0.2) is 4.98 Å². The molecule has 28 heavy (non-hydrogen) atoms. The lowest BCUT2D eigenvalue weighted by Crippen LogP contribution is -2.39. The first kappa shape index (κ1) is 20.1. The van der Waals surface area contributed by atoms with Crippen molar-refractivity contribution in [1.82, 2.24) is 15.6 Å². The standard InChI is InChI=1S/C22H28N4OS/c1-17(21-25-16-18(2)28-21)15-26-22(24-13-11-20-9-6-14-27-20)23-12-10-19-7-4-3-5-8-19/h3-9,14,16-17H,10-13,15H2,1-2H3,(H2,23,24,26). The van der Waals surface area contributed by atoms with Crippen molar-refractivity contribution in [2.75, 3.05) is 19.6 Å². The number of guanidine groups is 1. The van der Waals surface area contributed by atoms with Crippen molar-refractivity contribution in [2.24, 2.45) is 4.99 Å². The van der Waals surface area contributed by atoms with Crippen LogP contribution in [0, 0.1) is 6.92 Å². The topological polar surface area (TPSA) is 62.5 Å². The van der Waals surface area contributed by atoms with Crippen molar-refractivity contribution in [3.8, 4) is 0 Å². The molecule has 3 aromatic rings. The van der Waals surface area contributed by atoms with E-state index in [9.17, 15) is 0 Å². The lowest BCUT2D eigenvalue weighted by atomic mass is 10.1. The van der Waals surface area contributed by atoms with Crippen LogP contribution in [0.4, 0.5) is 0 Å². The molecule has 3 rings (SSSR count). The largest absolute Gasteiger partial charge is 0.469 e. The van der Waals surface area contributed by atoms with E-state index in [-0.39, 0.29) is 0 Å². The summed E-state index contributed by atoms with van der Waals surface area (Å²) < 4.78 is 5.41. The average molecular weight is 397 g/mol. The first-order valence-corrected chi connectivity index (χ1v) is 10.5. The van der Waals surface area contributed by atoms with Gasteiger partial charge in [0.25, 0.3) is 0 Å². The van der Waals surface area contributed by atoms with E-state index in [0.717, 1.165) is 42.7 Å². The maximum absolute atomic E-state index is 5.41. The average Bonchev–Trinajstić information content (AvgIpc) is 3.38. The maximum atomic E-state index is 5.41. The van der Waals surface area contributed by atoms with Gasteiger partial charge in [-0.15, -0.1) is 11.3 Å². The first-order chi connectivity index (χ1) is 13.7. The van der Waals surface area contributed by atoms with Crippen molar-refractivity contribution >= 4 is 17.3 Å². The number of aryl methyl sites for hydroxylation is 1.